The fourth-order valence-corrected chi connectivity index (χ4v) is 2.88. The lowest BCUT2D eigenvalue weighted by Crippen LogP contribution is -2.19. The van der Waals surface area contributed by atoms with Gasteiger partial charge in [0.15, 0.2) is 0 Å². The van der Waals surface area contributed by atoms with Crippen LogP contribution in [0.25, 0.3) is 17.3 Å². The van der Waals surface area contributed by atoms with Gasteiger partial charge in [0.2, 0.25) is 5.95 Å². The summed E-state index contributed by atoms with van der Waals surface area (Å²) >= 11 is 0. The number of hydrogen-bond donors (Lipinski definition) is 4. The van der Waals surface area contributed by atoms with E-state index in [4.69, 9.17) is 5.11 Å². The quantitative estimate of drug-likeness (QED) is 0.509. The molecule has 0 amide bonds. The number of nitrogens with zero attached hydrogens (tertiary/aromatic N) is 2. The molecule has 0 spiro atoms. The van der Waals surface area contributed by atoms with Gasteiger partial charge in [-0.1, -0.05) is 26.0 Å². The minimum Gasteiger partial charge on any atom is -0.481 e. The lowest BCUT2D eigenvalue weighted by atomic mass is 9.97. The normalized spacial score (nSPS) is 13.6. The van der Waals surface area contributed by atoms with Crippen molar-refractivity contribution in [2.75, 3.05) is 12.4 Å². The lowest BCUT2D eigenvalue weighted by molar-refractivity contribution is -0.139. The van der Waals surface area contributed by atoms with Crippen molar-refractivity contribution in [1.29, 1.82) is 0 Å². The van der Waals surface area contributed by atoms with E-state index in [-0.39, 0.29) is 18.2 Å². The molecule has 0 bridgehead atoms. The molecule has 4 N–H and O–H groups in total. The van der Waals surface area contributed by atoms with Crippen molar-refractivity contribution < 1.29 is 24.5 Å². The van der Waals surface area contributed by atoms with Crippen LogP contribution in [-0.2, 0) is 4.79 Å². The third-order valence-electron chi connectivity index (χ3n) is 4.27. The van der Waals surface area contributed by atoms with Crippen LogP contribution in [0.5, 0.6) is 0 Å². The Morgan fingerprint density at radius 2 is 1.86 bits per heavy atom. The molecule has 1 aromatic carbocycles. The minimum absolute atomic E-state index is 0.0405. The van der Waals surface area contributed by atoms with Crippen LogP contribution in [-0.4, -0.2) is 50.5 Å². The van der Waals surface area contributed by atoms with Gasteiger partial charge in [0, 0.05) is 24.6 Å². The van der Waals surface area contributed by atoms with Crippen molar-refractivity contribution in [2.24, 2.45) is 0 Å². The second-order valence-electron chi connectivity index (χ2n) is 7.02. The number of benzene rings is 1. The van der Waals surface area contributed by atoms with Crippen molar-refractivity contribution in [3.05, 3.63) is 47.4 Å². The van der Waals surface area contributed by atoms with Crippen LogP contribution < -0.4 is 5.32 Å². The number of halogens is 1. The number of aliphatic hydroxyl groups excluding tert-OH is 2. The summed E-state index contributed by atoms with van der Waals surface area (Å²) in [6, 6.07) is 5.92. The van der Waals surface area contributed by atoms with Gasteiger partial charge in [-0.2, -0.15) is 0 Å². The van der Waals surface area contributed by atoms with E-state index in [1.807, 2.05) is 13.8 Å². The highest BCUT2D eigenvalue weighted by Gasteiger charge is 2.18. The predicted molar refractivity (Wildman–Crippen MR) is 109 cm³/mol. The van der Waals surface area contributed by atoms with Gasteiger partial charge in [-0.25, -0.2) is 14.4 Å². The topological polar surface area (TPSA) is 116 Å². The highest BCUT2D eigenvalue weighted by atomic mass is 19.1. The summed E-state index contributed by atoms with van der Waals surface area (Å²) in [5.41, 5.74) is 2.66. The van der Waals surface area contributed by atoms with Gasteiger partial charge < -0.3 is 20.6 Å². The van der Waals surface area contributed by atoms with Crippen LogP contribution in [0.15, 0.2) is 30.3 Å². The van der Waals surface area contributed by atoms with Gasteiger partial charge in [-0.3, -0.25) is 4.79 Å². The Hall–Kier alpha value is -2.84. The Morgan fingerprint density at radius 1 is 1.21 bits per heavy atom. The molecule has 0 aliphatic heterocycles. The van der Waals surface area contributed by atoms with Gasteiger partial charge in [-0.15, -0.1) is 0 Å². The van der Waals surface area contributed by atoms with E-state index >= 15 is 0 Å². The zero-order valence-electron chi connectivity index (χ0n) is 16.6. The molecule has 8 heteroatoms. The number of carboxylic acid groups (broad SMARTS) is 1. The Labute approximate surface area is 169 Å². The molecule has 0 saturated carbocycles. The van der Waals surface area contributed by atoms with E-state index in [1.54, 1.807) is 25.3 Å². The number of hydrogen-bond acceptors (Lipinski definition) is 6. The zero-order valence-corrected chi connectivity index (χ0v) is 16.6. The zero-order chi connectivity index (χ0) is 21.6. The van der Waals surface area contributed by atoms with Crippen LogP contribution in [0.1, 0.15) is 43.9 Å². The van der Waals surface area contributed by atoms with Crippen LogP contribution in [0, 0.1) is 5.82 Å². The molecule has 0 aliphatic carbocycles. The van der Waals surface area contributed by atoms with Crippen LogP contribution in [0.4, 0.5) is 10.3 Å². The van der Waals surface area contributed by atoms with E-state index in [0.717, 1.165) is 5.69 Å². The molecular formula is C21H26FN3O4. The summed E-state index contributed by atoms with van der Waals surface area (Å²) in [7, 11) is 1.71. The second kappa shape index (κ2) is 10.1. The number of anilines is 1. The average Bonchev–Trinajstić information content (AvgIpc) is 2.65. The number of nitrogens with one attached hydrogen (secondary N) is 1. The number of carboxylic acids is 1. The maximum absolute atomic E-state index is 13.4. The van der Waals surface area contributed by atoms with Crippen molar-refractivity contribution in [3.63, 3.8) is 0 Å². The van der Waals surface area contributed by atoms with E-state index in [9.17, 15) is 19.4 Å². The number of carbonyl (C=O) groups is 1. The first kappa shape index (κ1) is 22.4. The Bertz CT molecular complexity index is 869. The van der Waals surface area contributed by atoms with Gasteiger partial charge in [0.25, 0.3) is 0 Å². The molecule has 0 unspecified atom stereocenters. The van der Waals surface area contributed by atoms with Crippen LogP contribution in [0.2, 0.25) is 0 Å². The van der Waals surface area contributed by atoms with Crippen molar-refractivity contribution in [3.8, 4) is 11.3 Å². The molecule has 1 aromatic heterocycles. The Morgan fingerprint density at radius 3 is 2.41 bits per heavy atom. The lowest BCUT2D eigenvalue weighted by Gasteiger charge is -2.16. The van der Waals surface area contributed by atoms with E-state index in [2.05, 4.69) is 15.3 Å². The first-order chi connectivity index (χ1) is 13.7. The summed E-state index contributed by atoms with van der Waals surface area (Å²) < 4.78 is 13.4. The predicted octanol–water partition coefficient (Wildman–Crippen LogP) is 3.05. The molecular weight excluding hydrogens is 377 g/mol. The Kier molecular flexibility index (Phi) is 7.81. The summed E-state index contributed by atoms with van der Waals surface area (Å²) in [6.07, 6.45) is 0.378. The van der Waals surface area contributed by atoms with Gasteiger partial charge in [0.05, 0.1) is 30.0 Å². The SMILES string of the molecule is CNc1nc(-c2ccc(F)cc2)c(/C=C/[C@@H](O)C[C@@H](O)CC(=O)O)c(C(C)C)n1. The fraction of sp³-hybridized carbons (Fsp3) is 0.381. The maximum atomic E-state index is 13.4. The molecule has 0 radical (unpaired) electrons. The molecule has 0 fully saturated rings. The first-order valence-electron chi connectivity index (χ1n) is 9.33. The molecule has 2 aromatic rings. The summed E-state index contributed by atoms with van der Waals surface area (Å²) in [4.78, 5) is 19.7. The van der Waals surface area contributed by atoms with Crippen LogP contribution in [0.3, 0.4) is 0 Å². The third-order valence-corrected chi connectivity index (χ3v) is 4.27. The average molecular weight is 403 g/mol. The summed E-state index contributed by atoms with van der Waals surface area (Å²) in [5.74, 6) is -1.03. The minimum atomic E-state index is -1.16. The Balaban J connectivity index is 2.45. The van der Waals surface area contributed by atoms with E-state index in [1.165, 1.54) is 18.2 Å². The van der Waals surface area contributed by atoms with Crippen LogP contribution >= 0.6 is 0 Å². The first-order valence-corrected chi connectivity index (χ1v) is 9.33. The molecule has 7 nitrogen and oxygen atoms in total. The van der Waals surface area contributed by atoms with E-state index in [0.29, 0.717) is 22.8 Å². The van der Waals surface area contributed by atoms with Gasteiger partial charge in [0.1, 0.15) is 5.82 Å². The molecule has 2 atom stereocenters. The van der Waals surface area contributed by atoms with E-state index < -0.39 is 24.6 Å². The van der Waals surface area contributed by atoms with Crippen molar-refractivity contribution in [2.45, 2.75) is 44.8 Å². The van der Waals surface area contributed by atoms with Gasteiger partial charge >= 0.3 is 5.97 Å². The molecule has 2 rings (SSSR count). The molecule has 1 heterocycles. The highest BCUT2D eigenvalue weighted by molar-refractivity contribution is 5.74. The molecule has 0 aliphatic rings. The molecule has 156 valence electrons. The largest absolute Gasteiger partial charge is 0.481 e. The second-order valence-corrected chi connectivity index (χ2v) is 7.02. The maximum Gasteiger partial charge on any atom is 0.305 e. The summed E-state index contributed by atoms with van der Waals surface area (Å²) in [6.45, 7) is 3.95. The fourth-order valence-electron chi connectivity index (χ4n) is 2.88. The number of aliphatic hydroxyl groups is 2. The van der Waals surface area contributed by atoms with Crippen molar-refractivity contribution in [1.82, 2.24) is 9.97 Å². The molecule has 29 heavy (non-hydrogen) atoms. The van der Waals surface area contributed by atoms with Gasteiger partial charge in [-0.05, 0) is 30.2 Å². The van der Waals surface area contributed by atoms with Crippen molar-refractivity contribution >= 4 is 18.0 Å². The summed E-state index contributed by atoms with van der Waals surface area (Å²) in [5, 5.41) is 31.5. The number of aromatic nitrogens is 2. The highest BCUT2D eigenvalue weighted by Crippen LogP contribution is 2.30. The molecule has 0 saturated heterocycles. The monoisotopic (exact) mass is 403 g/mol. The third kappa shape index (κ3) is 6.33. The standard InChI is InChI=1S/C21H26FN3O4/c1-12(2)19-17(9-8-15(26)10-16(27)11-18(28)29)20(25-21(23-3)24-19)13-4-6-14(22)7-5-13/h4-9,12,15-16,26-27H,10-11H2,1-3H3,(H,28,29)(H,23,24,25)/b9-8+/t15-,16-/m1/s1. The smallest absolute Gasteiger partial charge is 0.305 e. The number of rotatable bonds is 9. The number of aliphatic carboxylic acids is 1.